The number of nitrogens with two attached hydrogens (primary N) is 1. The maximum atomic E-state index is 6.04. The third-order valence-corrected chi connectivity index (χ3v) is 3.09. The van der Waals surface area contributed by atoms with Crippen LogP contribution >= 0.6 is 0 Å². The Balaban J connectivity index is 1.95. The van der Waals surface area contributed by atoms with E-state index in [9.17, 15) is 0 Å². The van der Waals surface area contributed by atoms with Gasteiger partial charge in [-0.3, -0.25) is 0 Å². The quantitative estimate of drug-likeness (QED) is 0.629. The summed E-state index contributed by atoms with van der Waals surface area (Å²) in [6.07, 6.45) is 13.9. The van der Waals surface area contributed by atoms with Crippen molar-refractivity contribution >= 4 is 0 Å². The Morgan fingerprint density at radius 2 is 1.81 bits per heavy atom. The summed E-state index contributed by atoms with van der Waals surface area (Å²) in [5.41, 5.74) is 7.17. The van der Waals surface area contributed by atoms with Crippen LogP contribution in [0.5, 0.6) is 0 Å². The second-order valence-corrected chi connectivity index (χ2v) is 4.57. The molecule has 0 fully saturated rings. The zero-order chi connectivity index (χ0) is 11.6. The van der Waals surface area contributed by atoms with E-state index in [0.717, 1.165) is 12.0 Å². The van der Waals surface area contributed by atoms with Gasteiger partial charge in [0.2, 0.25) is 0 Å². The van der Waals surface area contributed by atoms with Crippen molar-refractivity contribution in [2.45, 2.75) is 64.3 Å². The summed E-state index contributed by atoms with van der Waals surface area (Å²) in [7, 11) is 0. The lowest BCUT2D eigenvalue weighted by Crippen LogP contribution is -2.08. The Morgan fingerprint density at radius 1 is 1.12 bits per heavy atom. The molecule has 2 heteroatoms. The molecule has 0 radical (unpaired) electrons. The molecule has 0 aliphatic carbocycles. The van der Waals surface area contributed by atoms with Gasteiger partial charge < -0.3 is 10.2 Å². The standard InChI is InChI=1S/C14H25NO/c1-2-3-4-5-6-7-8-9-14(15)13-10-11-16-12-13/h10-12,14H,2-9,15H2,1H3. The minimum Gasteiger partial charge on any atom is -0.472 e. The molecule has 0 aliphatic heterocycles. The van der Waals surface area contributed by atoms with E-state index < -0.39 is 0 Å². The number of unbranched alkanes of at least 4 members (excludes halogenated alkanes) is 6. The van der Waals surface area contributed by atoms with Crippen LogP contribution in [-0.4, -0.2) is 0 Å². The van der Waals surface area contributed by atoms with E-state index in [4.69, 9.17) is 10.2 Å². The van der Waals surface area contributed by atoms with Crippen LogP contribution in [0.25, 0.3) is 0 Å². The lowest BCUT2D eigenvalue weighted by molar-refractivity contribution is 0.529. The Morgan fingerprint density at radius 3 is 2.44 bits per heavy atom. The van der Waals surface area contributed by atoms with Crippen LogP contribution in [0.3, 0.4) is 0 Å². The summed E-state index contributed by atoms with van der Waals surface area (Å²) in [6, 6.07) is 2.13. The van der Waals surface area contributed by atoms with Crippen molar-refractivity contribution in [2.75, 3.05) is 0 Å². The van der Waals surface area contributed by atoms with Crippen LogP contribution in [0.4, 0.5) is 0 Å². The second-order valence-electron chi connectivity index (χ2n) is 4.57. The highest BCUT2D eigenvalue weighted by molar-refractivity contribution is 5.10. The predicted molar refractivity (Wildman–Crippen MR) is 68.2 cm³/mol. The molecule has 2 N–H and O–H groups in total. The van der Waals surface area contributed by atoms with Crippen LogP contribution in [0.2, 0.25) is 0 Å². The lowest BCUT2D eigenvalue weighted by atomic mass is 10.0. The topological polar surface area (TPSA) is 39.2 Å². The maximum absolute atomic E-state index is 6.04. The zero-order valence-electron chi connectivity index (χ0n) is 10.5. The van der Waals surface area contributed by atoms with Crippen LogP contribution in [0, 0.1) is 0 Å². The van der Waals surface area contributed by atoms with Crippen molar-refractivity contribution in [1.29, 1.82) is 0 Å². The van der Waals surface area contributed by atoms with Crippen LogP contribution in [0.15, 0.2) is 23.0 Å². The smallest absolute Gasteiger partial charge is 0.0950 e. The summed E-state index contributed by atoms with van der Waals surface area (Å²) in [5, 5.41) is 0. The summed E-state index contributed by atoms with van der Waals surface area (Å²) < 4.78 is 5.03. The van der Waals surface area contributed by atoms with Crippen molar-refractivity contribution in [3.8, 4) is 0 Å². The van der Waals surface area contributed by atoms with Gasteiger partial charge in [-0.05, 0) is 12.5 Å². The summed E-state index contributed by atoms with van der Waals surface area (Å²) in [6.45, 7) is 2.25. The molecular formula is C14H25NO. The van der Waals surface area contributed by atoms with Crippen molar-refractivity contribution < 1.29 is 4.42 Å². The molecule has 1 heterocycles. The third kappa shape index (κ3) is 5.36. The summed E-state index contributed by atoms with van der Waals surface area (Å²) in [4.78, 5) is 0. The molecule has 0 amide bonds. The number of hydrogen-bond acceptors (Lipinski definition) is 2. The molecule has 16 heavy (non-hydrogen) atoms. The number of hydrogen-bond donors (Lipinski definition) is 1. The SMILES string of the molecule is CCCCCCCCCC(N)c1ccoc1. The average molecular weight is 223 g/mol. The predicted octanol–water partition coefficient (Wildman–Crippen LogP) is 4.42. The molecule has 0 saturated carbocycles. The molecule has 0 spiro atoms. The van der Waals surface area contributed by atoms with Crippen LogP contribution in [-0.2, 0) is 0 Å². The van der Waals surface area contributed by atoms with Gasteiger partial charge in [-0.2, -0.15) is 0 Å². The van der Waals surface area contributed by atoms with E-state index >= 15 is 0 Å². The molecule has 1 unspecified atom stereocenters. The Hall–Kier alpha value is -0.760. The fraction of sp³-hybridized carbons (Fsp3) is 0.714. The highest BCUT2D eigenvalue weighted by atomic mass is 16.3. The van der Waals surface area contributed by atoms with Crippen LogP contribution in [0.1, 0.15) is 69.9 Å². The number of furan rings is 1. The van der Waals surface area contributed by atoms with Crippen LogP contribution < -0.4 is 5.73 Å². The van der Waals surface area contributed by atoms with Gasteiger partial charge in [0.25, 0.3) is 0 Å². The highest BCUT2D eigenvalue weighted by Crippen LogP contribution is 2.18. The van der Waals surface area contributed by atoms with Gasteiger partial charge in [-0.1, -0.05) is 51.9 Å². The fourth-order valence-corrected chi connectivity index (χ4v) is 1.97. The monoisotopic (exact) mass is 223 g/mol. The Bertz CT molecular complexity index is 243. The van der Waals surface area contributed by atoms with E-state index in [1.165, 1.54) is 44.9 Å². The minimum atomic E-state index is 0.161. The van der Waals surface area contributed by atoms with Gasteiger partial charge >= 0.3 is 0 Å². The van der Waals surface area contributed by atoms with Gasteiger partial charge in [-0.25, -0.2) is 0 Å². The van der Waals surface area contributed by atoms with Crippen molar-refractivity contribution in [3.05, 3.63) is 24.2 Å². The molecule has 0 aliphatic rings. The molecule has 92 valence electrons. The first-order valence-electron chi connectivity index (χ1n) is 6.62. The van der Waals surface area contributed by atoms with Crippen molar-refractivity contribution in [2.24, 2.45) is 5.73 Å². The van der Waals surface area contributed by atoms with Crippen molar-refractivity contribution in [1.82, 2.24) is 0 Å². The fourth-order valence-electron chi connectivity index (χ4n) is 1.97. The second kappa shape index (κ2) is 8.40. The normalized spacial score (nSPS) is 12.9. The van der Waals surface area contributed by atoms with E-state index in [1.54, 1.807) is 12.5 Å². The summed E-state index contributed by atoms with van der Waals surface area (Å²) >= 11 is 0. The van der Waals surface area contributed by atoms with E-state index in [1.807, 2.05) is 6.07 Å². The van der Waals surface area contributed by atoms with Gasteiger partial charge in [0.15, 0.2) is 0 Å². The lowest BCUT2D eigenvalue weighted by Gasteiger charge is -2.08. The molecule has 2 nitrogen and oxygen atoms in total. The van der Waals surface area contributed by atoms with Gasteiger partial charge in [0.1, 0.15) is 0 Å². The minimum absolute atomic E-state index is 0.161. The van der Waals surface area contributed by atoms with Gasteiger partial charge in [0.05, 0.1) is 12.5 Å². The first kappa shape index (κ1) is 13.3. The molecule has 1 aromatic rings. The first-order valence-corrected chi connectivity index (χ1v) is 6.62. The van der Waals surface area contributed by atoms with E-state index in [2.05, 4.69) is 6.92 Å². The van der Waals surface area contributed by atoms with E-state index in [0.29, 0.717) is 0 Å². The molecular weight excluding hydrogens is 198 g/mol. The first-order chi connectivity index (χ1) is 7.84. The average Bonchev–Trinajstić information content (AvgIpc) is 2.81. The third-order valence-electron chi connectivity index (χ3n) is 3.09. The van der Waals surface area contributed by atoms with Crippen molar-refractivity contribution in [3.63, 3.8) is 0 Å². The molecule has 0 saturated heterocycles. The van der Waals surface area contributed by atoms with E-state index in [-0.39, 0.29) is 6.04 Å². The molecule has 1 rings (SSSR count). The molecule has 0 bridgehead atoms. The Kier molecular flexibility index (Phi) is 6.98. The molecule has 1 aromatic heterocycles. The Labute approximate surface area is 99.2 Å². The summed E-state index contributed by atoms with van der Waals surface area (Å²) in [5.74, 6) is 0. The highest BCUT2D eigenvalue weighted by Gasteiger charge is 2.06. The largest absolute Gasteiger partial charge is 0.472 e. The van der Waals surface area contributed by atoms with Gasteiger partial charge in [-0.15, -0.1) is 0 Å². The molecule has 1 atom stereocenters. The molecule has 0 aromatic carbocycles. The number of rotatable bonds is 9. The maximum Gasteiger partial charge on any atom is 0.0950 e. The zero-order valence-corrected chi connectivity index (χ0v) is 10.5. The van der Waals surface area contributed by atoms with Gasteiger partial charge in [0, 0.05) is 11.6 Å².